The number of carbonyl (C=O) groups is 4. The first-order valence-corrected chi connectivity index (χ1v) is 16.1. The lowest BCUT2D eigenvalue weighted by atomic mass is 9.95. The van der Waals surface area contributed by atoms with Gasteiger partial charge < -0.3 is 25.2 Å². The van der Waals surface area contributed by atoms with Gasteiger partial charge in [0.2, 0.25) is 5.91 Å². The van der Waals surface area contributed by atoms with E-state index in [-0.39, 0.29) is 18.6 Å². The minimum absolute atomic E-state index is 0.0265. The Hall–Kier alpha value is -5.30. The molecule has 3 aromatic rings. The number of alkyl carbamates (subject to hydrolysis) is 1. The first kappa shape index (κ1) is 38.2. The average Bonchev–Trinajstić information content (AvgIpc) is 2.99. The second kappa shape index (κ2) is 16.2. The van der Waals surface area contributed by atoms with Gasteiger partial charge in [0.25, 0.3) is 5.91 Å². The van der Waals surface area contributed by atoms with Crippen LogP contribution in [0.4, 0.5) is 4.79 Å². The van der Waals surface area contributed by atoms with Crippen LogP contribution in [-0.4, -0.2) is 57.2 Å². The molecule has 10 heteroatoms. The van der Waals surface area contributed by atoms with Gasteiger partial charge in [0.15, 0.2) is 0 Å². The second-order valence-electron chi connectivity index (χ2n) is 14.0. The van der Waals surface area contributed by atoms with Gasteiger partial charge >= 0.3 is 12.1 Å². The molecular formula is C39H47N3O7. The van der Waals surface area contributed by atoms with Crippen LogP contribution < -0.4 is 10.6 Å². The van der Waals surface area contributed by atoms with E-state index in [1.807, 2.05) is 43.3 Å². The highest BCUT2D eigenvalue weighted by Crippen LogP contribution is 2.27. The summed E-state index contributed by atoms with van der Waals surface area (Å²) in [5, 5.41) is 15.2. The van der Waals surface area contributed by atoms with Crippen molar-refractivity contribution in [1.29, 1.82) is 0 Å². The lowest BCUT2D eigenvalue weighted by Gasteiger charge is -2.32. The van der Waals surface area contributed by atoms with Gasteiger partial charge in [0.1, 0.15) is 35.1 Å². The SMILES string of the molecule is C#CN(C(=O)C(Cc1ccc(O)cc1)NC(=O)OC(C)(C)C)C(C(=O)NC(Cc1ccccc1)C(=O)OC(C)(C)C)c1ccc(C)cc1C. The number of phenols is 1. The van der Waals surface area contributed by atoms with Gasteiger partial charge in [-0.2, -0.15) is 0 Å². The zero-order valence-corrected chi connectivity index (χ0v) is 29.5. The summed E-state index contributed by atoms with van der Waals surface area (Å²) in [6.45, 7) is 14.0. The van der Waals surface area contributed by atoms with Gasteiger partial charge in [-0.3, -0.25) is 14.5 Å². The van der Waals surface area contributed by atoms with Crippen LogP contribution in [0.3, 0.4) is 0 Å². The van der Waals surface area contributed by atoms with Crippen LogP contribution >= 0.6 is 0 Å². The second-order valence-corrected chi connectivity index (χ2v) is 14.0. The van der Waals surface area contributed by atoms with E-state index in [4.69, 9.17) is 15.9 Å². The van der Waals surface area contributed by atoms with Crippen molar-refractivity contribution in [2.75, 3.05) is 0 Å². The minimum atomic E-state index is -1.40. The molecule has 0 bridgehead atoms. The van der Waals surface area contributed by atoms with Crippen molar-refractivity contribution in [3.63, 3.8) is 0 Å². The van der Waals surface area contributed by atoms with Crippen molar-refractivity contribution in [3.05, 3.63) is 101 Å². The Morgan fingerprint density at radius 3 is 1.92 bits per heavy atom. The molecule has 0 saturated carbocycles. The fourth-order valence-electron chi connectivity index (χ4n) is 5.15. The summed E-state index contributed by atoms with van der Waals surface area (Å²) in [5.41, 5.74) is 1.72. The summed E-state index contributed by atoms with van der Waals surface area (Å²) in [6, 6.07) is 19.2. The zero-order valence-electron chi connectivity index (χ0n) is 29.5. The number of esters is 1. The number of benzene rings is 3. The Kier molecular flexibility index (Phi) is 12.6. The average molecular weight is 670 g/mol. The number of carbonyl (C=O) groups excluding carboxylic acids is 4. The Labute approximate surface area is 289 Å². The van der Waals surface area contributed by atoms with E-state index in [0.717, 1.165) is 16.0 Å². The number of rotatable bonds is 11. The number of terminal acetylenes is 1. The van der Waals surface area contributed by atoms with Crippen molar-refractivity contribution >= 4 is 23.9 Å². The third kappa shape index (κ3) is 11.7. The highest BCUT2D eigenvalue weighted by Gasteiger charge is 2.39. The lowest BCUT2D eigenvalue weighted by molar-refractivity contribution is -0.159. The van der Waals surface area contributed by atoms with E-state index in [0.29, 0.717) is 16.7 Å². The van der Waals surface area contributed by atoms with Crippen molar-refractivity contribution in [1.82, 2.24) is 15.5 Å². The topological polar surface area (TPSA) is 134 Å². The summed E-state index contributed by atoms with van der Waals surface area (Å²) < 4.78 is 11.1. The number of aryl methyl sites for hydroxylation is 2. The number of hydrogen-bond donors (Lipinski definition) is 3. The standard InChI is InChI=1S/C39H47N3O7/c1-10-42(35(45)31(41-37(47)49-39(7,8)9)23-28-17-19-29(43)20-18-28)33(30-21-16-25(2)22-26(30)3)34(44)40-32(36(46)48-38(4,5)6)24-27-14-12-11-13-15-27/h1,11-22,31-33,43H,23-24H2,2-9H3,(H,40,44)(H,41,47). The number of hydrogen-bond acceptors (Lipinski definition) is 7. The number of ether oxygens (including phenoxy) is 2. The first-order chi connectivity index (χ1) is 22.9. The molecule has 3 amide bonds. The van der Waals surface area contributed by atoms with Gasteiger partial charge in [0, 0.05) is 18.9 Å². The van der Waals surface area contributed by atoms with Crippen molar-refractivity contribution in [2.45, 2.75) is 97.6 Å². The molecule has 0 aliphatic rings. The van der Waals surface area contributed by atoms with Gasteiger partial charge in [-0.05, 0) is 89.8 Å². The van der Waals surface area contributed by atoms with Crippen LogP contribution in [0, 0.1) is 26.3 Å². The Morgan fingerprint density at radius 1 is 0.796 bits per heavy atom. The molecule has 3 unspecified atom stereocenters. The van der Waals surface area contributed by atoms with Crippen LogP contribution in [-0.2, 0) is 36.7 Å². The minimum Gasteiger partial charge on any atom is -0.508 e. The molecular weight excluding hydrogens is 622 g/mol. The molecule has 0 fully saturated rings. The first-order valence-electron chi connectivity index (χ1n) is 16.1. The van der Waals surface area contributed by atoms with Crippen LogP contribution in [0.25, 0.3) is 0 Å². The van der Waals surface area contributed by atoms with E-state index in [9.17, 15) is 24.3 Å². The summed E-state index contributed by atoms with van der Waals surface area (Å²) in [6.07, 6.45) is 5.24. The summed E-state index contributed by atoms with van der Waals surface area (Å²) in [4.78, 5) is 56.3. The fourth-order valence-corrected chi connectivity index (χ4v) is 5.15. The normalized spacial score (nSPS) is 13.2. The van der Waals surface area contributed by atoms with E-state index < -0.39 is 53.2 Å². The smallest absolute Gasteiger partial charge is 0.408 e. The van der Waals surface area contributed by atoms with E-state index in [1.165, 1.54) is 12.1 Å². The fraction of sp³-hybridized carbons (Fsp3) is 0.385. The molecule has 0 aliphatic heterocycles. The number of nitrogens with zero attached hydrogens (tertiary/aromatic N) is 1. The maximum absolute atomic E-state index is 14.4. The zero-order chi connectivity index (χ0) is 36.5. The predicted molar refractivity (Wildman–Crippen MR) is 187 cm³/mol. The third-order valence-electron chi connectivity index (χ3n) is 7.26. The maximum Gasteiger partial charge on any atom is 0.408 e. The summed E-state index contributed by atoms with van der Waals surface area (Å²) in [7, 11) is 0. The van der Waals surface area contributed by atoms with Crippen LogP contribution in [0.15, 0.2) is 72.8 Å². The number of phenolic OH excluding ortho intramolecular Hbond substituents is 1. The van der Waals surface area contributed by atoms with Gasteiger partial charge in [-0.25, -0.2) is 9.59 Å². The molecule has 0 heterocycles. The summed E-state index contributed by atoms with van der Waals surface area (Å²) in [5.74, 6) is -2.11. The number of amides is 3. The highest BCUT2D eigenvalue weighted by molar-refractivity contribution is 5.95. The van der Waals surface area contributed by atoms with Gasteiger partial charge in [-0.1, -0.05) is 72.7 Å². The Balaban J connectivity index is 2.09. The number of aromatic hydroxyl groups is 1. The van der Waals surface area contributed by atoms with E-state index in [1.54, 1.807) is 72.7 Å². The van der Waals surface area contributed by atoms with Crippen LogP contribution in [0.2, 0.25) is 0 Å². The molecule has 0 radical (unpaired) electrons. The van der Waals surface area contributed by atoms with E-state index in [2.05, 4.69) is 16.7 Å². The largest absolute Gasteiger partial charge is 0.508 e. The molecule has 3 aromatic carbocycles. The maximum atomic E-state index is 14.4. The predicted octanol–water partition coefficient (Wildman–Crippen LogP) is 5.67. The Bertz CT molecular complexity index is 1670. The van der Waals surface area contributed by atoms with Crippen LogP contribution in [0.5, 0.6) is 5.75 Å². The quantitative estimate of drug-likeness (QED) is 0.136. The van der Waals surface area contributed by atoms with Crippen molar-refractivity contribution < 1.29 is 33.8 Å². The molecule has 260 valence electrons. The Morgan fingerprint density at radius 2 is 1.37 bits per heavy atom. The van der Waals surface area contributed by atoms with Crippen molar-refractivity contribution in [3.8, 4) is 18.2 Å². The molecule has 3 atom stereocenters. The molecule has 0 spiro atoms. The molecule has 0 saturated heterocycles. The number of nitrogens with one attached hydrogen (secondary N) is 2. The molecule has 3 rings (SSSR count). The van der Waals surface area contributed by atoms with Crippen molar-refractivity contribution in [2.24, 2.45) is 0 Å². The summed E-state index contributed by atoms with van der Waals surface area (Å²) >= 11 is 0. The highest BCUT2D eigenvalue weighted by atomic mass is 16.6. The molecule has 0 aliphatic carbocycles. The molecule has 49 heavy (non-hydrogen) atoms. The monoisotopic (exact) mass is 669 g/mol. The van der Waals surface area contributed by atoms with Gasteiger partial charge in [-0.15, -0.1) is 0 Å². The molecule has 0 aromatic heterocycles. The lowest BCUT2D eigenvalue weighted by Crippen LogP contribution is -2.54. The molecule has 10 nitrogen and oxygen atoms in total. The van der Waals surface area contributed by atoms with Crippen LogP contribution in [0.1, 0.15) is 75.4 Å². The van der Waals surface area contributed by atoms with E-state index >= 15 is 0 Å². The third-order valence-corrected chi connectivity index (χ3v) is 7.26. The van der Waals surface area contributed by atoms with Gasteiger partial charge in [0.05, 0.1) is 0 Å². The molecule has 3 N–H and O–H groups in total.